The van der Waals surface area contributed by atoms with Crippen LogP contribution in [0, 0.1) is 11.3 Å². The Morgan fingerprint density at radius 1 is 1.12 bits per heavy atom. The molecular weight excluding hydrogens is 428 g/mol. The number of benzene rings is 2. The number of hydrogen-bond donors (Lipinski definition) is 1. The molecule has 172 valence electrons. The van der Waals surface area contributed by atoms with Gasteiger partial charge >= 0.3 is 5.97 Å². The molecular formula is C24H24N2O7. The number of fused-ring (bicyclic) bond motifs is 1. The zero-order valence-corrected chi connectivity index (χ0v) is 18.2. The van der Waals surface area contributed by atoms with Crippen LogP contribution in [-0.2, 0) is 20.7 Å². The summed E-state index contributed by atoms with van der Waals surface area (Å²) in [4.78, 5) is 23.9. The molecule has 0 atom stereocenters. The first kappa shape index (κ1) is 23.5. The molecule has 0 spiro atoms. The second-order valence-electron chi connectivity index (χ2n) is 6.88. The highest BCUT2D eigenvalue weighted by Gasteiger charge is 2.12. The molecule has 33 heavy (non-hydrogen) atoms. The van der Waals surface area contributed by atoms with Crippen LogP contribution in [0.1, 0.15) is 11.1 Å². The second-order valence-corrected chi connectivity index (χ2v) is 6.88. The van der Waals surface area contributed by atoms with Gasteiger partial charge in [-0.3, -0.25) is 4.79 Å². The highest BCUT2D eigenvalue weighted by atomic mass is 16.6. The molecule has 1 heterocycles. The first-order chi connectivity index (χ1) is 16.1. The van der Waals surface area contributed by atoms with E-state index in [1.54, 1.807) is 18.2 Å². The molecule has 0 aromatic heterocycles. The van der Waals surface area contributed by atoms with Crippen LogP contribution in [0.4, 0.5) is 0 Å². The van der Waals surface area contributed by atoms with E-state index >= 15 is 0 Å². The Balaban J connectivity index is 1.40. The van der Waals surface area contributed by atoms with E-state index in [9.17, 15) is 9.59 Å². The van der Waals surface area contributed by atoms with E-state index < -0.39 is 11.9 Å². The molecule has 1 amide bonds. The number of rotatable bonds is 10. The number of amides is 1. The van der Waals surface area contributed by atoms with Crippen LogP contribution in [0.25, 0.3) is 6.08 Å². The van der Waals surface area contributed by atoms with Gasteiger partial charge in [0.2, 0.25) is 0 Å². The fourth-order valence-corrected chi connectivity index (χ4v) is 3.01. The summed E-state index contributed by atoms with van der Waals surface area (Å²) < 4.78 is 26.5. The maximum atomic E-state index is 11.9. The molecule has 1 N–H and O–H groups in total. The molecule has 0 unspecified atom stereocenters. The van der Waals surface area contributed by atoms with Crippen molar-refractivity contribution in [2.75, 3.05) is 40.1 Å². The molecule has 0 radical (unpaired) electrons. The van der Waals surface area contributed by atoms with E-state index in [2.05, 4.69) is 5.32 Å². The van der Waals surface area contributed by atoms with Gasteiger partial charge in [-0.2, -0.15) is 5.26 Å². The summed E-state index contributed by atoms with van der Waals surface area (Å²) in [6, 6.07) is 12.5. The molecule has 0 saturated heterocycles. The third kappa shape index (κ3) is 7.18. The highest BCUT2D eigenvalue weighted by molar-refractivity contribution is 5.89. The fraction of sp³-hybridized carbons (Fsp3) is 0.292. The van der Waals surface area contributed by atoms with Gasteiger partial charge in [0, 0.05) is 12.6 Å². The van der Waals surface area contributed by atoms with Crippen LogP contribution in [0.3, 0.4) is 0 Å². The average molecular weight is 452 g/mol. The number of nitrogens with one attached hydrogen (secondary N) is 1. The molecule has 9 nitrogen and oxygen atoms in total. The van der Waals surface area contributed by atoms with Crippen LogP contribution in [0.15, 0.2) is 42.5 Å². The maximum absolute atomic E-state index is 11.9. The smallest absolute Gasteiger partial charge is 0.331 e. The number of nitriles is 1. The van der Waals surface area contributed by atoms with Crippen molar-refractivity contribution in [1.82, 2.24) is 5.32 Å². The van der Waals surface area contributed by atoms with E-state index in [1.807, 2.05) is 24.3 Å². The van der Waals surface area contributed by atoms with E-state index in [4.69, 9.17) is 28.9 Å². The standard InChI is InChI=1S/C24H24N2O7/c1-29-21-14-17(2-5-19(21)30-11-9-25)4-7-24(28)33-16-23(27)26-10-8-18-3-6-20-22(15-18)32-13-12-31-20/h2-7,14-15H,8,10-13,16H2,1H3,(H,26,27)/b7-4+. The van der Waals surface area contributed by atoms with Gasteiger partial charge in [0.25, 0.3) is 5.91 Å². The molecule has 0 fully saturated rings. The topological polar surface area (TPSA) is 116 Å². The summed E-state index contributed by atoms with van der Waals surface area (Å²) in [7, 11) is 1.47. The van der Waals surface area contributed by atoms with Gasteiger partial charge in [-0.05, 0) is 47.9 Å². The Kier molecular flexibility index (Phi) is 8.54. The summed E-state index contributed by atoms with van der Waals surface area (Å²) >= 11 is 0. The van der Waals surface area contributed by atoms with Crippen molar-refractivity contribution >= 4 is 18.0 Å². The van der Waals surface area contributed by atoms with Gasteiger partial charge in [0.1, 0.15) is 19.3 Å². The maximum Gasteiger partial charge on any atom is 0.331 e. The fourth-order valence-electron chi connectivity index (χ4n) is 3.01. The summed E-state index contributed by atoms with van der Waals surface area (Å²) in [5, 5.41) is 11.3. The Hall–Kier alpha value is -4.19. The van der Waals surface area contributed by atoms with Gasteiger partial charge in [0.05, 0.1) is 7.11 Å². The zero-order valence-electron chi connectivity index (χ0n) is 18.2. The van der Waals surface area contributed by atoms with E-state index in [-0.39, 0.29) is 13.2 Å². The van der Waals surface area contributed by atoms with Crippen molar-refractivity contribution in [3.63, 3.8) is 0 Å². The Morgan fingerprint density at radius 2 is 1.94 bits per heavy atom. The van der Waals surface area contributed by atoms with Crippen LogP contribution < -0.4 is 24.3 Å². The molecule has 0 saturated carbocycles. The van der Waals surface area contributed by atoms with Crippen molar-refractivity contribution < 1.29 is 33.3 Å². The first-order valence-electron chi connectivity index (χ1n) is 10.3. The number of hydrogen-bond acceptors (Lipinski definition) is 8. The largest absolute Gasteiger partial charge is 0.493 e. The van der Waals surface area contributed by atoms with Gasteiger partial charge in [-0.15, -0.1) is 0 Å². The predicted molar refractivity (Wildman–Crippen MR) is 118 cm³/mol. The monoisotopic (exact) mass is 452 g/mol. The lowest BCUT2D eigenvalue weighted by molar-refractivity contribution is -0.143. The molecule has 1 aliphatic rings. The highest BCUT2D eigenvalue weighted by Crippen LogP contribution is 2.31. The minimum absolute atomic E-state index is 0.101. The molecule has 2 aromatic rings. The van der Waals surface area contributed by atoms with Crippen molar-refractivity contribution in [2.24, 2.45) is 0 Å². The minimum Gasteiger partial charge on any atom is -0.493 e. The normalized spacial score (nSPS) is 12.0. The second kappa shape index (κ2) is 12.0. The number of methoxy groups -OCH3 is 1. The van der Waals surface area contributed by atoms with Crippen LogP contribution in [0.5, 0.6) is 23.0 Å². The van der Waals surface area contributed by atoms with E-state index in [0.717, 1.165) is 11.3 Å². The van der Waals surface area contributed by atoms with E-state index in [0.29, 0.717) is 49.0 Å². The van der Waals surface area contributed by atoms with Crippen molar-refractivity contribution in [3.05, 3.63) is 53.6 Å². The molecule has 0 bridgehead atoms. The SMILES string of the molecule is COc1cc(/C=C/C(=O)OCC(=O)NCCc2ccc3c(c2)OCCO3)ccc1OCC#N. The molecule has 2 aromatic carbocycles. The van der Waals surface area contributed by atoms with Crippen molar-refractivity contribution in [3.8, 4) is 29.1 Å². The Morgan fingerprint density at radius 3 is 2.73 bits per heavy atom. The average Bonchev–Trinajstić information content (AvgIpc) is 2.85. The predicted octanol–water partition coefficient (Wildman–Crippen LogP) is 2.28. The van der Waals surface area contributed by atoms with Gasteiger partial charge in [-0.25, -0.2) is 4.79 Å². The number of esters is 1. The van der Waals surface area contributed by atoms with Gasteiger partial charge in [0.15, 0.2) is 36.2 Å². The third-order valence-electron chi connectivity index (χ3n) is 4.58. The Bertz CT molecular complexity index is 1060. The van der Waals surface area contributed by atoms with E-state index in [1.165, 1.54) is 19.3 Å². The van der Waals surface area contributed by atoms with Gasteiger partial charge < -0.3 is 29.0 Å². The van der Waals surface area contributed by atoms with Crippen molar-refractivity contribution in [2.45, 2.75) is 6.42 Å². The first-order valence-corrected chi connectivity index (χ1v) is 10.3. The lowest BCUT2D eigenvalue weighted by atomic mass is 10.1. The molecule has 1 aliphatic heterocycles. The zero-order chi connectivity index (χ0) is 23.5. The number of ether oxygens (including phenoxy) is 5. The summed E-state index contributed by atoms with van der Waals surface area (Å²) in [6.07, 6.45) is 3.35. The lowest BCUT2D eigenvalue weighted by Crippen LogP contribution is -2.30. The molecule has 9 heteroatoms. The number of carbonyl (C=O) groups excluding carboxylic acids is 2. The summed E-state index contributed by atoms with van der Waals surface area (Å²) in [5.74, 6) is 1.23. The van der Waals surface area contributed by atoms with Crippen LogP contribution in [-0.4, -0.2) is 52.0 Å². The third-order valence-corrected chi connectivity index (χ3v) is 4.58. The van der Waals surface area contributed by atoms with Gasteiger partial charge in [-0.1, -0.05) is 12.1 Å². The molecule has 3 rings (SSSR count). The van der Waals surface area contributed by atoms with Crippen LogP contribution in [0.2, 0.25) is 0 Å². The molecule has 0 aliphatic carbocycles. The van der Waals surface area contributed by atoms with Crippen LogP contribution >= 0.6 is 0 Å². The quantitative estimate of drug-likeness (QED) is 0.431. The number of nitrogens with zero attached hydrogens (tertiary/aromatic N) is 1. The number of carbonyl (C=O) groups is 2. The van der Waals surface area contributed by atoms with Crippen molar-refractivity contribution in [1.29, 1.82) is 5.26 Å². The summed E-state index contributed by atoms with van der Waals surface area (Å²) in [6.45, 7) is 0.967. The summed E-state index contributed by atoms with van der Waals surface area (Å²) in [5.41, 5.74) is 1.66. The lowest BCUT2D eigenvalue weighted by Gasteiger charge is -2.18. The minimum atomic E-state index is -0.652. The Labute approximate surface area is 191 Å².